The maximum Gasteiger partial charge on any atom is 0.247 e. The van der Waals surface area contributed by atoms with Gasteiger partial charge in [0.2, 0.25) is 11.8 Å². The minimum Gasteiger partial charge on any atom is -0.357 e. The molecular weight excluding hydrogens is 134 g/mol. The lowest BCUT2D eigenvalue weighted by Gasteiger charge is -2.05. The summed E-state index contributed by atoms with van der Waals surface area (Å²) in [7, 11) is 2.76. The van der Waals surface area contributed by atoms with Crippen LogP contribution in [0.4, 0.5) is 0 Å². The van der Waals surface area contributed by atoms with Gasteiger partial charge in [-0.1, -0.05) is 0 Å². The normalized spacial score (nSPS) is 9.20. The van der Waals surface area contributed by atoms with Gasteiger partial charge in [0.1, 0.15) is 0 Å². The smallest absolute Gasteiger partial charge is 0.247 e. The van der Waals surface area contributed by atoms with E-state index in [1.807, 2.05) is 0 Å². The molecule has 0 aliphatic carbocycles. The van der Waals surface area contributed by atoms with Crippen molar-refractivity contribution in [2.75, 3.05) is 14.1 Å². The minimum atomic E-state index is -1.35. The lowest BCUT2D eigenvalue weighted by molar-refractivity contribution is -0.130. The molecular formula is C5H10N3O2. The number of likely N-dealkylation sites (N-methyl/N-ethyl adjacent to an activating group) is 2. The molecule has 5 heteroatoms. The maximum absolute atomic E-state index is 10.6. The molecule has 0 bridgehead atoms. The third kappa shape index (κ3) is 2.02. The predicted octanol–water partition coefficient (Wildman–Crippen LogP) is -1.87. The summed E-state index contributed by atoms with van der Waals surface area (Å²) in [6, 6.07) is -1.35. The molecule has 0 saturated carbocycles. The Morgan fingerprint density at radius 2 is 1.50 bits per heavy atom. The van der Waals surface area contributed by atoms with Crippen LogP contribution in [0.2, 0.25) is 0 Å². The zero-order valence-corrected chi connectivity index (χ0v) is 5.89. The first kappa shape index (κ1) is 8.90. The second kappa shape index (κ2) is 3.84. The van der Waals surface area contributed by atoms with Crippen molar-refractivity contribution in [3.63, 3.8) is 0 Å². The van der Waals surface area contributed by atoms with Gasteiger partial charge in [0.05, 0.1) is 0 Å². The zero-order chi connectivity index (χ0) is 8.15. The molecule has 0 saturated heterocycles. The van der Waals surface area contributed by atoms with Crippen LogP contribution in [-0.2, 0) is 9.59 Å². The van der Waals surface area contributed by atoms with Crippen LogP contribution in [-0.4, -0.2) is 32.0 Å². The molecule has 0 heterocycles. The molecule has 1 radical (unpaired) electrons. The summed E-state index contributed by atoms with van der Waals surface area (Å²) in [5.41, 5.74) is 6.96. The number of carbonyl (C=O) groups is 2. The Balaban J connectivity index is 3.94. The average Bonchev–Trinajstić information content (AvgIpc) is 2.00. The first-order valence-corrected chi connectivity index (χ1v) is 2.77. The van der Waals surface area contributed by atoms with Gasteiger partial charge < -0.3 is 10.6 Å². The highest BCUT2D eigenvalue weighted by atomic mass is 16.2. The molecule has 57 valence electrons. The molecule has 0 aromatic heterocycles. The van der Waals surface area contributed by atoms with E-state index in [2.05, 4.69) is 10.6 Å². The fourth-order valence-electron chi connectivity index (χ4n) is 0.408. The van der Waals surface area contributed by atoms with Gasteiger partial charge in [0.15, 0.2) is 6.04 Å². The van der Waals surface area contributed by atoms with Gasteiger partial charge in [0.25, 0.3) is 0 Å². The number of hydrogen-bond acceptors (Lipinski definition) is 2. The van der Waals surface area contributed by atoms with E-state index >= 15 is 0 Å². The molecule has 5 nitrogen and oxygen atoms in total. The van der Waals surface area contributed by atoms with Crippen molar-refractivity contribution in [2.45, 2.75) is 6.04 Å². The molecule has 10 heavy (non-hydrogen) atoms. The first-order valence-electron chi connectivity index (χ1n) is 2.77. The Bertz CT molecular complexity index is 130. The Hall–Kier alpha value is -1.10. The van der Waals surface area contributed by atoms with Crippen LogP contribution in [0.25, 0.3) is 0 Å². The van der Waals surface area contributed by atoms with Crippen LogP contribution in [0.15, 0.2) is 0 Å². The molecule has 0 aromatic rings. The van der Waals surface area contributed by atoms with Crippen LogP contribution in [0.3, 0.4) is 0 Å². The van der Waals surface area contributed by atoms with Crippen LogP contribution in [0.1, 0.15) is 0 Å². The van der Waals surface area contributed by atoms with Crippen molar-refractivity contribution in [1.82, 2.24) is 16.4 Å². The monoisotopic (exact) mass is 144 g/mol. The fraction of sp³-hybridized carbons (Fsp3) is 0.600. The highest BCUT2D eigenvalue weighted by Crippen LogP contribution is 1.78. The summed E-state index contributed by atoms with van der Waals surface area (Å²) in [6.45, 7) is 0. The molecule has 0 spiro atoms. The highest BCUT2D eigenvalue weighted by molar-refractivity contribution is 6.03. The lowest BCUT2D eigenvalue weighted by Crippen LogP contribution is -2.44. The van der Waals surface area contributed by atoms with Gasteiger partial charge in [-0.05, 0) is 0 Å². The first-order chi connectivity index (χ1) is 4.63. The predicted molar refractivity (Wildman–Crippen MR) is 35.0 cm³/mol. The number of carbonyl (C=O) groups excluding carboxylic acids is 2. The largest absolute Gasteiger partial charge is 0.357 e. The van der Waals surface area contributed by atoms with Crippen molar-refractivity contribution >= 4 is 11.8 Å². The Morgan fingerprint density at radius 3 is 1.70 bits per heavy atom. The fourth-order valence-corrected chi connectivity index (χ4v) is 0.408. The number of nitrogens with one attached hydrogen (secondary N) is 3. The van der Waals surface area contributed by atoms with Crippen molar-refractivity contribution in [1.29, 1.82) is 0 Å². The Labute approximate surface area is 59.0 Å². The van der Waals surface area contributed by atoms with Gasteiger partial charge in [-0.2, -0.15) is 0 Å². The third-order valence-corrected chi connectivity index (χ3v) is 1.02. The van der Waals surface area contributed by atoms with E-state index in [9.17, 15) is 9.59 Å². The van der Waals surface area contributed by atoms with E-state index in [1.165, 1.54) is 14.1 Å². The molecule has 0 fully saturated rings. The van der Waals surface area contributed by atoms with Crippen LogP contribution >= 0.6 is 0 Å². The van der Waals surface area contributed by atoms with Gasteiger partial charge >= 0.3 is 0 Å². The second-order valence-electron chi connectivity index (χ2n) is 1.66. The minimum absolute atomic E-state index is 0.598. The van der Waals surface area contributed by atoms with Crippen LogP contribution in [0.5, 0.6) is 0 Å². The van der Waals surface area contributed by atoms with E-state index in [0.29, 0.717) is 0 Å². The van der Waals surface area contributed by atoms with E-state index in [0.717, 1.165) is 0 Å². The van der Waals surface area contributed by atoms with Crippen molar-refractivity contribution in [3.05, 3.63) is 0 Å². The molecule has 0 aliphatic heterocycles. The molecule has 0 atom stereocenters. The molecule has 0 aliphatic rings. The summed E-state index contributed by atoms with van der Waals surface area (Å²) >= 11 is 0. The summed E-state index contributed by atoms with van der Waals surface area (Å²) in [4.78, 5) is 21.1. The van der Waals surface area contributed by atoms with E-state index in [-0.39, 0.29) is 0 Å². The van der Waals surface area contributed by atoms with E-state index in [1.54, 1.807) is 0 Å². The number of rotatable bonds is 2. The lowest BCUT2D eigenvalue weighted by atomic mass is 10.3. The van der Waals surface area contributed by atoms with Gasteiger partial charge in [-0.15, -0.1) is 0 Å². The van der Waals surface area contributed by atoms with Crippen LogP contribution in [0, 0.1) is 0 Å². The molecule has 0 rings (SSSR count). The van der Waals surface area contributed by atoms with E-state index in [4.69, 9.17) is 5.73 Å². The maximum atomic E-state index is 10.6. The van der Waals surface area contributed by atoms with Crippen LogP contribution < -0.4 is 16.4 Å². The highest BCUT2D eigenvalue weighted by Gasteiger charge is 2.19. The van der Waals surface area contributed by atoms with Gasteiger partial charge in [-0.25, -0.2) is 5.73 Å². The summed E-state index contributed by atoms with van der Waals surface area (Å²) < 4.78 is 0. The molecule has 2 amide bonds. The van der Waals surface area contributed by atoms with E-state index < -0.39 is 17.9 Å². The quantitative estimate of drug-likeness (QED) is 0.445. The van der Waals surface area contributed by atoms with Gasteiger partial charge in [-0.3, -0.25) is 9.59 Å². The number of hydrogen-bond donors (Lipinski definition) is 2. The van der Waals surface area contributed by atoms with Crippen molar-refractivity contribution in [3.8, 4) is 0 Å². The topological polar surface area (TPSA) is 82.0 Å². The SMILES string of the molecule is CNC(=O)C([NH])C(=O)NC. The Morgan fingerprint density at radius 1 is 1.20 bits per heavy atom. The number of amides is 2. The second-order valence-corrected chi connectivity index (χ2v) is 1.66. The van der Waals surface area contributed by atoms with Gasteiger partial charge in [0, 0.05) is 14.1 Å². The zero-order valence-electron chi connectivity index (χ0n) is 5.89. The third-order valence-electron chi connectivity index (χ3n) is 1.02. The molecule has 0 unspecified atom stereocenters. The standard InChI is InChI=1S/C5H10N3O2/c1-7-4(9)3(6)5(10)8-2/h3,6H,1-2H3,(H,7,9)(H,8,10). The molecule has 3 N–H and O–H groups in total. The molecule has 0 aromatic carbocycles. The summed E-state index contributed by atoms with van der Waals surface area (Å²) in [6.07, 6.45) is 0. The average molecular weight is 144 g/mol. The van der Waals surface area contributed by atoms with Crippen molar-refractivity contribution in [2.24, 2.45) is 0 Å². The summed E-state index contributed by atoms with van der Waals surface area (Å²) in [5, 5.41) is 4.39. The Kier molecular flexibility index (Phi) is 3.42. The summed E-state index contributed by atoms with van der Waals surface area (Å²) in [5.74, 6) is -1.20. The van der Waals surface area contributed by atoms with Crippen molar-refractivity contribution < 1.29 is 9.59 Å².